The van der Waals surface area contributed by atoms with Gasteiger partial charge in [-0.1, -0.05) is 0 Å². The molecule has 0 unspecified atom stereocenters. The fourth-order valence-electron chi connectivity index (χ4n) is 2.37. The summed E-state index contributed by atoms with van der Waals surface area (Å²) in [4.78, 5) is 13.9. The van der Waals surface area contributed by atoms with Crippen LogP contribution in [0.1, 0.15) is 32.1 Å². The molecule has 4 heteroatoms. The lowest BCUT2D eigenvalue weighted by atomic mass is 10.1. The first-order valence-electron chi connectivity index (χ1n) is 7.05. The zero-order chi connectivity index (χ0) is 13.5. The van der Waals surface area contributed by atoms with Crippen molar-refractivity contribution in [2.75, 3.05) is 29.9 Å². The van der Waals surface area contributed by atoms with Crippen LogP contribution in [-0.4, -0.2) is 30.7 Å². The van der Waals surface area contributed by atoms with Crippen molar-refractivity contribution >= 4 is 17.3 Å². The van der Waals surface area contributed by atoms with E-state index in [1.807, 2.05) is 12.1 Å². The maximum atomic E-state index is 11.5. The summed E-state index contributed by atoms with van der Waals surface area (Å²) in [5.74, 6) is -0.0419. The third-order valence-corrected chi connectivity index (χ3v) is 3.43. The molecule has 1 aliphatic heterocycles. The number of aliphatic hydroxyl groups excluding tert-OH is 1. The van der Waals surface area contributed by atoms with Gasteiger partial charge < -0.3 is 15.3 Å². The molecule has 19 heavy (non-hydrogen) atoms. The van der Waals surface area contributed by atoms with Crippen LogP contribution in [0.15, 0.2) is 24.3 Å². The number of nitrogens with one attached hydrogen (secondary N) is 1. The lowest BCUT2D eigenvalue weighted by Crippen LogP contribution is -2.29. The number of hydrogen-bond donors (Lipinski definition) is 2. The summed E-state index contributed by atoms with van der Waals surface area (Å²) in [7, 11) is 0. The van der Waals surface area contributed by atoms with E-state index in [0.29, 0.717) is 12.8 Å². The van der Waals surface area contributed by atoms with Crippen molar-refractivity contribution < 1.29 is 9.90 Å². The van der Waals surface area contributed by atoms with Gasteiger partial charge in [-0.3, -0.25) is 4.79 Å². The number of anilines is 2. The Morgan fingerprint density at radius 1 is 1.16 bits per heavy atom. The van der Waals surface area contributed by atoms with E-state index in [2.05, 4.69) is 22.3 Å². The molecule has 2 rings (SSSR count). The Morgan fingerprint density at radius 2 is 1.84 bits per heavy atom. The van der Waals surface area contributed by atoms with Crippen molar-refractivity contribution in [1.82, 2.24) is 0 Å². The molecule has 1 heterocycles. The fraction of sp³-hybridized carbons (Fsp3) is 0.533. The van der Waals surface area contributed by atoms with Crippen LogP contribution in [-0.2, 0) is 4.79 Å². The van der Waals surface area contributed by atoms with Gasteiger partial charge in [-0.15, -0.1) is 0 Å². The number of rotatable bonds is 5. The number of carbonyl (C=O) groups is 1. The summed E-state index contributed by atoms with van der Waals surface area (Å²) in [6.45, 7) is 2.31. The summed E-state index contributed by atoms with van der Waals surface area (Å²) in [6.07, 6.45) is 4.73. The average molecular weight is 262 g/mol. The zero-order valence-corrected chi connectivity index (χ0v) is 11.3. The van der Waals surface area contributed by atoms with E-state index in [0.717, 1.165) is 18.8 Å². The summed E-state index contributed by atoms with van der Waals surface area (Å²) in [5, 5.41) is 11.5. The first kappa shape index (κ1) is 13.9. The van der Waals surface area contributed by atoms with Crippen molar-refractivity contribution in [2.24, 2.45) is 0 Å². The minimum Gasteiger partial charge on any atom is -0.396 e. The highest BCUT2D eigenvalue weighted by molar-refractivity contribution is 5.90. The predicted molar refractivity (Wildman–Crippen MR) is 77.5 cm³/mol. The van der Waals surface area contributed by atoms with Gasteiger partial charge >= 0.3 is 0 Å². The number of piperidine rings is 1. The highest BCUT2D eigenvalue weighted by Crippen LogP contribution is 2.21. The van der Waals surface area contributed by atoms with Crippen LogP contribution < -0.4 is 10.2 Å². The normalized spacial score (nSPS) is 15.3. The Balaban J connectivity index is 1.88. The van der Waals surface area contributed by atoms with Crippen molar-refractivity contribution in [3.8, 4) is 0 Å². The van der Waals surface area contributed by atoms with Gasteiger partial charge in [0.2, 0.25) is 5.91 Å². The van der Waals surface area contributed by atoms with Gasteiger partial charge in [0.05, 0.1) is 0 Å². The SMILES string of the molecule is O=C(CCCO)Nc1ccc(N2CCCCC2)cc1. The maximum absolute atomic E-state index is 11.5. The smallest absolute Gasteiger partial charge is 0.224 e. The van der Waals surface area contributed by atoms with Gasteiger partial charge in [0.15, 0.2) is 0 Å². The molecule has 0 aromatic heterocycles. The summed E-state index contributed by atoms with van der Waals surface area (Å²) >= 11 is 0. The third-order valence-electron chi connectivity index (χ3n) is 3.43. The summed E-state index contributed by atoms with van der Waals surface area (Å²) in [5.41, 5.74) is 2.05. The van der Waals surface area contributed by atoms with Crippen LogP contribution in [0, 0.1) is 0 Å². The average Bonchev–Trinajstić information content (AvgIpc) is 2.47. The number of nitrogens with zero attached hydrogens (tertiary/aromatic N) is 1. The van der Waals surface area contributed by atoms with E-state index in [-0.39, 0.29) is 12.5 Å². The Labute approximate surface area is 114 Å². The molecule has 0 atom stereocenters. The molecule has 1 saturated heterocycles. The maximum Gasteiger partial charge on any atom is 0.224 e. The highest BCUT2D eigenvalue weighted by Gasteiger charge is 2.10. The molecule has 1 amide bonds. The summed E-state index contributed by atoms with van der Waals surface area (Å²) in [6, 6.07) is 8.02. The molecule has 0 spiro atoms. The molecule has 1 aliphatic rings. The van der Waals surface area contributed by atoms with Crippen molar-refractivity contribution in [3.63, 3.8) is 0 Å². The van der Waals surface area contributed by atoms with E-state index in [9.17, 15) is 4.79 Å². The number of aliphatic hydroxyl groups is 1. The molecule has 0 saturated carbocycles. The largest absolute Gasteiger partial charge is 0.396 e. The molecule has 0 bridgehead atoms. The van der Waals surface area contributed by atoms with Crippen LogP contribution in [0.5, 0.6) is 0 Å². The van der Waals surface area contributed by atoms with E-state index >= 15 is 0 Å². The molecule has 1 aromatic rings. The molecule has 0 radical (unpaired) electrons. The molecule has 104 valence electrons. The Kier molecular flexibility index (Phi) is 5.21. The van der Waals surface area contributed by atoms with Crippen molar-refractivity contribution in [3.05, 3.63) is 24.3 Å². The van der Waals surface area contributed by atoms with E-state index in [4.69, 9.17) is 5.11 Å². The monoisotopic (exact) mass is 262 g/mol. The number of amides is 1. The van der Waals surface area contributed by atoms with Crippen LogP contribution in [0.25, 0.3) is 0 Å². The quantitative estimate of drug-likeness (QED) is 0.856. The first-order valence-corrected chi connectivity index (χ1v) is 7.05. The Hall–Kier alpha value is -1.55. The van der Waals surface area contributed by atoms with Gasteiger partial charge in [-0.05, 0) is 49.9 Å². The first-order chi connectivity index (χ1) is 9.29. The number of hydrogen-bond acceptors (Lipinski definition) is 3. The van der Waals surface area contributed by atoms with Gasteiger partial charge in [-0.2, -0.15) is 0 Å². The minimum absolute atomic E-state index is 0.0419. The van der Waals surface area contributed by atoms with Crippen LogP contribution in [0.3, 0.4) is 0 Å². The second-order valence-corrected chi connectivity index (χ2v) is 4.97. The molecule has 0 aliphatic carbocycles. The standard InChI is InChI=1S/C15H22N2O2/c18-12-4-5-15(19)16-13-6-8-14(9-7-13)17-10-2-1-3-11-17/h6-9,18H,1-5,10-12H2,(H,16,19). The third kappa shape index (κ3) is 4.24. The van der Waals surface area contributed by atoms with Crippen molar-refractivity contribution in [2.45, 2.75) is 32.1 Å². The molecular formula is C15H22N2O2. The lowest BCUT2D eigenvalue weighted by molar-refractivity contribution is -0.116. The van der Waals surface area contributed by atoms with Gasteiger partial charge in [0, 0.05) is 37.5 Å². The second-order valence-electron chi connectivity index (χ2n) is 4.97. The van der Waals surface area contributed by atoms with E-state index in [1.54, 1.807) is 0 Å². The topological polar surface area (TPSA) is 52.6 Å². The number of carbonyl (C=O) groups excluding carboxylic acids is 1. The minimum atomic E-state index is -0.0419. The summed E-state index contributed by atoms with van der Waals surface area (Å²) < 4.78 is 0. The predicted octanol–water partition coefficient (Wildman–Crippen LogP) is 2.39. The fourth-order valence-corrected chi connectivity index (χ4v) is 2.37. The Bertz CT molecular complexity index is 397. The van der Waals surface area contributed by atoms with Gasteiger partial charge in [0.25, 0.3) is 0 Å². The van der Waals surface area contributed by atoms with E-state index < -0.39 is 0 Å². The van der Waals surface area contributed by atoms with Crippen LogP contribution in [0.4, 0.5) is 11.4 Å². The lowest BCUT2D eigenvalue weighted by Gasteiger charge is -2.28. The van der Waals surface area contributed by atoms with Gasteiger partial charge in [-0.25, -0.2) is 0 Å². The second kappa shape index (κ2) is 7.14. The molecule has 1 fully saturated rings. The molecule has 1 aromatic carbocycles. The van der Waals surface area contributed by atoms with E-state index in [1.165, 1.54) is 24.9 Å². The highest BCUT2D eigenvalue weighted by atomic mass is 16.3. The zero-order valence-electron chi connectivity index (χ0n) is 11.3. The number of benzene rings is 1. The van der Waals surface area contributed by atoms with Crippen molar-refractivity contribution in [1.29, 1.82) is 0 Å². The molecular weight excluding hydrogens is 240 g/mol. The Morgan fingerprint density at radius 3 is 2.47 bits per heavy atom. The van der Waals surface area contributed by atoms with Crippen LogP contribution in [0.2, 0.25) is 0 Å². The van der Waals surface area contributed by atoms with Gasteiger partial charge in [0.1, 0.15) is 0 Å². The molecule has 2 N–H and O–H groups in total. The molecule has 4 nitrogen and oxygen atoms in total. The van der Waals surface area contributed by atoms with Crippen LogP contribution >= 0.6 is 0 Å².